The molecule has 0 bridgehead atoms. The normalized spacial score (nSPS) is 20.6. The zero-order valence-corrected chi connectivity index (χ0v) is 17.9. The van der Waals surface area contributed by atoms with Gasteiger partial charge in [-0.2, -0.15) is 22.0 Å². The molecule has 1 aliphatic carbocycles. The Morgan fingerprint density at radius 3 is 2.25 bits per heavy atom. The van der Waals surface area contributed by atoms with E-state index in [4.69, 9.17) is 5.21 Å². The molecule has 0 aromatic carbocycles. The van der Waals surface area contributed by atoms with Crippen LogP contribution in [-0.2, 0) is 21.2 Å². The maximum Gasteiger partial charge on any atom is 0.453 e. The van der Waals surface area contributed by atoms with Crippen LogP contribution in [0.3, 0.4) is 0 Å². The summed E-state index contributed by atoms with van der Waals surface area (Å²) in [6, 6.07) is 3.01. The Morgan fingerprint density at radius 2 is 1.81 bits per heavy atom. The van der Waals surface area contributed by atoms with Crippen molar-refractivity contribution >= 4 is 15.9 Å². The number of amides is 1. The number of hydrogen-bond acceptors (Lipinski definition) is 5. The first-order valence-electron chi connectivity index (χ1n) is 10.2. The lowest BCUT2D eigenvalue weighted by Gasteiger charge is -2.43. The van der Waals surface area contributed by atoms with Gasteiger partial charge in [0.25, 0.3) is 5.91 Å². The number of hydroxylamine groups is 1. The maximum atomic E-state index is 13.1. The van der Waals surface area contributed by atoms with Gasteiger partial charge in [-0.25, -0.2) is 18.2 Å². The predicted molar refractivity (Wildman–Crippen MR) is 103 cm³/mol. The molecule has 2 N–H and O–H groups in total. The summed E-state index contributed by atoms with van der Waals surface area (Å²) in [5.74, 6) is -5.82. The summed E-state index contributed by atoms with van der Waals surface area (Å²) in [6.07, 6.45) is -4.51. The minimum absolute atomic E-state index is 0.115. The Labute approximate surface area is 182 Å². The van der Waals surface area contributed by atoms with Crippen molar-refractivity contribution in [3.63, 3.8) is 0 Å². The molecule has 1 aromatic heterocycles. The van der Waals surface area contributed by atoms with Gasteiger partial charge < -0.3 is 0 Å². The molecule has 0 unspecified atom stereocenters. The number of nitrogens with zero attached hydrogens (tertiary/aromatic N) is 2. The van der Waals surface area contributed by atoms with Crippen LogP contribution in [-0.4, -0.2) is 58.8 Å². The lowest BCUT2D eigenvalue weighted by Crippen LogP contribution is -2.61. The number of pyridine rings is 1. The summed E-state index contributed by atoms with van der Waals surface area (Å²) < 4.78 is 88.6. The predicted octanol–water partition coefficient (Wildman–Crippen LogP) is 3.15. The molecule has 1 aromatic rings. The average Bonchev–Trinajstić information content (AvgIpc) is 2.70. The van der Waals surface area contributed by atoms with Crippen molar-refractivity contribution in [3.8, 4) is 0 Å². The van der Waals surface area contributed by atoms with Crippen LogP contribution < -0.4 is 5.48 Å². The lowest BCUT2D eigenvalue weighted by molar-refractivity contribution is -0.284. The number of nitrogens with one attached hydrogen (secondary N) is 1. The number of aryl methyl sites for hydroxylation is 1. The van der Waals surface area contributed by atoms with E-state index < -0.39 is 45.6 Å². The van der Waals surface area contributed by atoms with Crippen molar-refractivity contribution in [1.82, 2.24) is 14.8 Å². The standard InChI is InChI=1S/C19H24F5N3O4S/c20-18(21,19(22,23)24)9-4-13-2-3-15(25-12-13)14-5-10-27(11-6-14)32(30,31)17(7-1-8-17)16(28)26-29/h2-3,12,14,29H,1,4-11H2,(H,26,28). The number of piperidine rings is 1. The van der Waals surface area contributed by atoms with Crippen molar-refractivity contribution < 1.29 is 40.4 Å². The van der Waals surface area contributed by atoms with Crippen molar-refractivity contribution in [3.05, 3.63) is 29.6 Å². The van der Waals surface area contributed by atoms with Gasteiger partial charge in [0.05, 0.1) is 0 Å². The molecular weight excluding hydrogens is 461 g/mol. The Balaban J connectivity index is 1.59. The number of carbonyl (C=O) groups is 1. The molecule has 2 fully saturated rings. The minimum atomic E-state index is -5.59. The Kier molecular flexibility index (Phi) is 6.83. The minimum Gasteiger partial charge on any atom is -0.289 e. The van der Waals surface area contributed by atoms with E-state index in [9.17, 15) is 35.2 Å². The van der Waals surface area contributed by atoms with Gasteiger partial charge in [0, 0.05) is 37.3 Å². The first kappa shape index (κ1) is 24.8. The zero-order chi connectivity index (χ0) is 23.8. The quantitative estimate of drug-likeness (QED) is 0.351. The molecule has 32 heavy (non-hydrogen) atoms. The fraction of sp³-hybridized carbons (Fsp3) is 0.684. The summed E-state index contributed by atoms with van der Waals surface area (Å²) in [6.45, 7) is 0.295. The van der Waals surface area contributed by atoms with Crippen molar-refractivity contribution in [2.45, 2.75) is 67.7 Å². The number of carbonyl (C=O) groups excluding carboxylic acids is 1. The van der Waals surface area contributed by atoms with Crippen LogP contribution in [0, 0.1) is 0 Å². The molecule has 1 amide bonds. The van der Waals surface area contributed by atoms with Crippen molar-refractivity contribution in [2.75, 3.05) is 13.1 Å². The third-order valence-electron chi connectivity index (χ3n) is 6.37. The first-order valence-corrected chi connectivity index (χ1v) is 11.6. The molecule has 13 heteroatoms. The van der Waals surface area contributed by atoms with E-state index in [1.807, 2.05) is 0 Å². The van der Waals surface area contributed by atoms with Crippen LogP contribution in [0.15, 0.2) is 18.3 Å². The third kappa shape index (κ3) is 4.46. The average molecular weight is 485 g/mol. The highest BCUT2D eigenvalue weighted by atomic mass is 32.2. The largest absolute Gasteiger partial charge is 0.453 e. The number of alkyl halides is 5. The molecule has 1 aliphatic heterocycles. The van der Waals surface area contributed by atoms with E-state index in [1.54, 1.807) is 6.07 Å². The van der Waals surface area contributed by atoms with Crippen LogP contribution in [0.2, 0.25) is 0 Å². The fourth-order valence-corrected chi connectivity index (χ4v) is 6.38. The van der Waals surface area contributed by atoms with Crippen LogP contribution in [0.4, 0.5) is 22.0 Å². The Morgan fingerprint density at radius 1 is 1.19 bits per heavy atom. The number of rotatable bonds is 7. The monoisotopic (exact) mass is 485 g/mol. The topological polar surface area (TPSA) is 99.6 Å². The second-order valence-electron chi connectivity index (χ2n) is 8.26. The van der Waals surface area contributed by atoms with Crippen molar-refractivity contribution in [1.29, 1.82) is 0 Å². The molecule has 2 heterocycles. The highest BCUT2D eigenvalue weighted by Gasteiger charge is 2.58. The van der Waals surface area contributed by atoms with Crippen molar-refractivity contribution in [2.24, 2.45) is 0 Å². The number of halogens is 5. The molecule has 1 saturated heterocycles. The molecule has 0 spiro atoms. The van der Waals surface area contributed by atoms with Crippen LogP contribution in [0.25, 0.3) is 0 Å². The van der Waals surface area contributed by atoms with Gasteiger partial charge in [-0.15, -0.1) is 0 Å². The van der Waals surface area contributed by atoms with E-state index in [1.165, 1.54) is 22.0 Å². The van der Waals surface area contributed by atoms with Gasteiger partial charge >= 0.3 is 12.1 Å². The van der Waals surface area contributed by atoms with Crippen LogP contribution in [0.5, 0.6) is 0 Å². The first-order chi connectivity index (χ1) is 14.8. The van der Waals surface area contributed by atoms with Gasteiger partial charge in [-0.3, -0.25) is 15.0 Å². The van der Waals surface area contributed by atoms with Gasteiger partial charge in [-0.05, 0) is 50.2 Å². The maximum absolute atomic E-state index is 13.1. The SMILES string of the molecule is O=C(NO)C1(S(=O)(=O)N2CCC(c3ccc(CCC(F)(F)C(F)(F)F)cn3)CC2)CCC1. The molecular formula is C19H24F5N3O4S. The number of hydrogen-bond donors (Lipinski definition) is 2. The van der Waals surface area contributed by atoms with E-state index >= 15 is 0 Å². The summed E-state index contributed by atoms with van der Waals surface area (Å²) in [4.78, 5) is 16.2. The molecule has 0 radical (unpaired) electrons. The highest BCUT2D eigenvalue weighted by Crippen LogP contribution is 2.43. The van der Waals surface area contributed by atoms with Gasteiger partial charge in [0.15, 0.2) is 4.75 Å². The molecule has 180 valence electrons. The number of aromatic nitrogens is 1. The summed E-state index contributed by atoms with van der Waals surface area (Å²) in [5.41, 5.74) is 2.30. The lowest BCUT2D eigenvalue weighted by atomic mass is 9.84. The third-order valence-corrected chi connectivity index (χ3v) is 9.00. The Bertz CT molecular complexity index is 925. The molecule has 2 aliphatic rings. The second kappa shape index (κ2) is 8.82. The Hall–Kier alpha value is -1.86. The van der Waals surface area contributed by atoms with Gasteiger partial charge in [0.2, 0.25) is 10.0 Å². The summed E-state index contributed by atoms with van der Waals surface area (Å²) >= 11 is 0. The molecule has 0 atom stereocenters. The highest BCUT2D eigenvalue weighted by molar-refractivity contribution is 7.91. The summed E-state index contributed by atoms with van der Waals surface area (Å²) in [7, 11) is -3.97. The van der Waals surface area contributed by atoms with E-state index in [-0.39, 0.29) is 37.4 Å². The van der Waals surface area contributed by atoms with E-state index in [0.29, 0.717) is 25.0 Å². The summed E-state index contributed by atoms with van der Waals surface area (Å²) in [5, 5.41) is 8.94. The number of sulfonamides is 1. The molecule has 3 rings (SSSR count). The van der Waals surface area contributed by atoms with E-state index in [0.717, 1.165) is 0 Å². The van der Waals surface area contributed by atoms with E-state index in [2.05, 4.69) is 4.98 Å². The van der Waals surface area contributed by atoms with Gasteiger partial charge in [-0.1, -0.05) is 6.07 Å². The molecule has 7 nitrogen and oxygen atoms in total. The fourth-order valence-electron chi connectivity index (χ4n) is 4.11. The van der Waals surface area contributed by atoms with Crippen LogP contribution >= 0.6 is 0 Å². The molecule has 1 saturated carbocycles. The van der Waals surface area contributed by atoms with Crippen LogP contribution in [0.1, 0.15) is 55.7 Å². The van der Waals surface area contributed by atoms with Gasteiger partial charge in [0.1, 0.15) is 0 Å². The zero-order valence-electron chi connectivity index (χ0n) is 17.0. The smallest absolute Gasteiger partial charge is 0.289 e. The second-order valence-corrected chi connectivity index (χ2v) is 10.5.